The van der Waals surface area contributed by atoms with Gasteiger partial charge in [0.15, 0.2) is 5.82 Å². The SMILES string of the molecule is COC(=O)c1c(N)nsc1NC1CCOC1C1CC1. The lowest BCUT2D eigenvalue weighted by Gasteiger charge is -2.19. The van der Waals surface area contributed by atoms with Crippen LogP contribution < -0.4 is 11.1 Å². The zero-order valence-electron chi connectivity index (χ0n) is 10.7. The molecule has 2 fully saturated rings. The van der Waals surface area contributed by atoms with Crippen molar-refractivity contribution < 1.29 is 14.3 Å². The Morgan fingerprint density at radius 2 is 2.32 bits per heavy atom. The summed E-state index contributed by atoms with van der Waals surface area (Å²) >= 11 is 1.20. The molecule has 0 bridgehead atoms. The zero-order chi connectivity index (χ0) is 13.4. The van der Waals surface area contributed by atoms with Crippen LogP contribution in [0.5, 0.6) is 0 Å². The number of carbonyl (C=O) groups is 1. The van der Waals surface area contributed by atoms with Crippen molar-refractivity contribution in [1.29, 1.82) is 0 Å². The second-order valence-electron chi connectivity index (χ2n) is 4.98. The molecule has 104 valence electrons. The van der Waals surface area contributed by atoms with Crippen molar-refractivity contribution in [1.82, 2.24) is 4.37 Å². The van der Waals surface area contributed by atoms with E-state index in [0.29, 0.717) is 16.5 Å². The molecule has 2 aliphatic rings. The molecule has 0 aromatic carbocycles. The van der Waals surface area contributed by atoms with E-state index < -0.39 is 5.97 Å². The molecular formula is C12H17N3O3S. The van der Waals surface area contributed by atoms with E-state index in [-0.39, 0.29) is 18.0 Å². The molecule has 2 heterocycles. The zero-order valence-corrected chi connectivity index (χ0v) is 11.5. The molecular weight excluding hydrogens is 266 g/mol. The highest BCUT2D eigenvalue weighted by Crippen LogP contribution is 2.40. The van der Waals surface area contributed by atoms with Crippen molar-refractivity contribution in [3.63, 3.8) is 0 Å². The van der Waals surface area contributed by atoms with E-state index in [0.717, 1.165) is 13.0 Å². The summed E-state index contributed by atoms with van der Waals surface area (Å²) in [5, 5.41) is 4.05. The first kappa shape index (κ1) is 12.7. The Balaban J connectivity index is 1.77. The average molecular weight is 283 g/mol. The van der Waals surface area contributed by atoms with Crippen LogP contribution in [-0.4, -0.2) is 36.2 Å². The van der Waals surface area contributed by atoms with E-state index in [4.69, 9.17) is 15.2 Å². The summed E-state index contributed by atoms with van der Waals surface area (Å²) in [6, 6.07) is 0.232. The first-order chi connectivity index (χ1) is 9.20. The number of nitrogens with one attached hydrogen (secondary N) is 1. The van der Waals surface area contributed by atoms with Gasteiger partial charge in [0.25, 0.3) is 0 Å². The first-order valence-electron chi connectivity index (χ1n) is 6.42. The van der Waals surface area contributed by atoms with Crippen molar-refractivity contribution in [2.75, 3.05) is 24.8 Å². The number of nitrogens with two attached hydrogens (primary N) is 1. The fourth-order valence-electron chi connectivity index (χ4n) is 2.52. The fraction of sp³-hybridized carbons (Fsp3) is 0.667. The molecule has 2 atom stereocenters. The van der Waals surface area contributed by atoms with Gasteiger partial charge in [-0.2, -0.15) is 4.37 Å². The summed E-state index contributed by atoms with van der Waals surface area (Å²) in [4.78, 5) is 11.7. The summed E-state index contributed by atoms with van der Waals surface area (Å²) in [6.45, 7) is 0.765. The number of ether oxygens (including phenoxy) is 2. The van der Waals surface area contributed by atoms with Gasteiger partial charge in [-0.05, 0) is 36.7 Å². The number of esters is 1. The number of nitrogens with zero attached hydrogens (tertiary/aromatic N) is 1. The van der Waals surface area contributed by atoms with Gasteiger partial charge in [0, 0.05) is 6.61 Å². The van der Waals surface area contributed by atoms with Gasteiger partial charge >= 0.3 is 5.97 Å². The fourth-order valence-corrected chi connectivity index (χ4v) is 3.29. The van der Waals surface area contributed by atoms with E-state index in [9.17, 15) is 4.79 Å². The van der Waals surface area contributed by atoms with Gasteiger partial charge < -0.3 is 20.5 Å². The minimum absolute atomic E-state index is 0.223. The van der Waals surface area contributed by atoms with Crippen LogP contribution in [0.15, 0.2) is 0 Å². The predicted octanol–water partition coefficient (Wildman–Crippen LogP) is 1.49. The number of anilines is 2. The molecule has 2 unspecified atom stereocenters. The summed E-state index contributed by atoms with van der Waals surface area (Å²) in [5.41, 5.74) is 6.07. The summed E-state index contributed by atoms with van der Waals surface area (Å²) in [7, 11) is 1.34. The standard InChI is InChI=1S/C12H17N3O3S/c1-17-12(16)8-10(13)15-19-11(8)14-7-4-5-18-9(7)6-2-3-6/h6-7,9,14H,2-5H2,1H3,(H2,13,15). The van der Waals surface area contributed by atoms with Gasteiger partial charge in [-0.15, -0.1) is 0 Å². The van der Waals surface area contributed by atoms with Gasteiger partial charge in [0.1, 0.15) is 10.6 Å². The molecule has 3 N–H and O–H groups in total. The van der Waals surface area contributed by atoms with Gasteiger partial charge in [-0.3, -0.25) is 0 Å². The molecule has 1 aliphatic carbocycles. The van der Waals surface area contributed by atoms with E-state index in [1.165, 1.54) is 31.5 Å². The van der Waals surface area contributed by atoms with Gasteiger partial charge in [0.05, 0.1) is 19.3 Å². The quantitative estimate of drug-likeness (QED) is 0.814. The smallest absolute Gasteiger partial charge is 0.344 e. The van der Waals surface area contributed by atoms with Crippen molar-refractivity contribution in [3.8, 4) is 0 Å². The highest BCUT2D eigenvalue weighted by molar-refractivity contribution is 7.11. The molecule has 1 saturated carbocycles. The number of hydrogen-bond donors (Lipinski definition) is 2. The summed E-state index contributed by atoms with van der Waals surface area (Å²) in [5.74, 6) is 0.434. The Morgan fingerprint density at radius 3 is 3.00 bits per heavy atom. The van der Waals surface area contributed by atoms with Crippen LogP contribution in [0.25, 0.3) is 0 Å². The van der Waals surface area contributed by atoms with Crippen LogP contribution in [-0.2, 0) is 9.47 Å². The third-order valence-corrected chi connectivity index (χ3v) is 4.44. The van der Waals surface area contributed by atoms with Gasteiger partial charge in [0.2, 0.25) is 0 Å². The maximum absolute atomic E-state index is 11.7. The predicted molar refractivity (Wildman–Crippen MR) is 72.4 cm³/mol. The minimum atomic E-state index is -0.448. The van der Waals surface area contributed by atoms with Crippen LogP contribution in [0.3, 0.4) is 0 Å². The Morgan fingerprint density at radius 1 is 1.53 bits per heavy atom. The molecule has 3 rings (SSSR count). The lowest BCUT2D eigenvalue weighted by Crippen LogP contribution is -2.31. The molecule has 0 radical (unpaired) electrons. The number of carbonyl (C=O) groups excluding carboxylic acids is 1. The molecule has 6 nitrogen and oxygen atoms in total. The molecule has 0 spiro atoms. The van der Waals surface area contributed by atoms with Crippen molar-refractivity contribution in [2.45, 2.75) is 31.4 Å². The van der Waals surface area contributed by atoms with Crippen LogP contribution in [0.2, 0.25) is 0 Å². The molecule has 1 aliphatic heterocycles. The largest absolute Gasteiger partial charge is 0.465 e. The lowest BCUT2D eigenvalue weighted by atomic mass is 10.1. The van der Waals surface area contributed by atoms with Crippen molar-refractivity contribution >= 4 is 28.3 Å². The highest BCUT2D eigenvalue weighted by Gasteiger charge is 2.41. The van der Waals surface area contributed by atoms with Crippen LogP contribution in [0.4, 0.5) is 10.8 Å². The van der Waals surface area contributed by atoms with E-state index in [2.05, 4.69) is 9.69 Å². The first-order valence-corrected chi connectivity index (χ1v) is 7.19. The molecule has 7 heteroatoms. The third-order valence-electron chi connectivity index (χ3n) is 3.65. The Bertz CT molecular complexity index is 487. The van der Waals surface area contributed by atoms with Crippen LogP contribution in [0.1, 0.15) is 29.6 Å². The molecule has 1 aromatic rings. The molecule has 1 aromatic heterocycles. The number of nitrogen functional groups attached to an aromatic ring is 1. The van der Waals surface area contributed by atoms with Crippen molar-refractivity contribution in [3.05, 3.63) is 5.56 Å². The molecule has 19 heavy (non-hydrogen) atoms. The Hall–Kier alpha value is -1.34. The summed E-state index contributed by atoms with van der Waals surface area (Å²) in [6.07, 6.45) is 3.66. The second-order valence-corrected chi connectivity index (χ2v) is 5.75. The normalized spacial score (nSPS) is 26.4. The van der Waals surface area contributed by atoms with E-state index in [1.54, 1.807) is 0 Å². The van der Waals surface area contributed by atoms with Gasteiger partial charge in [-0.25, -0.2) is 4.79 Å². The Labute approximate surface area is 115 Å². The topological polar surface area (TPSA) is 86.5 Å². The maximum Gasteiger partial charge on any atom is 0.344 e. The monoisotopic (exact) mass is 283 g/mol. The summed E-state index contributed by atoms with van der Waals surface area (Å²) < 4.78 is 14.5. The average Bonchev–Trinajstić information content (AvgIpc) is 3.05. The van der Waals surface area contributed by atoms with E-state index >= 15 is 0 Å². The van der Waals surface area contributed by atoms with Crippen LogP contribution >= 0.6 is 11.5 Å². The maximum atomic E-state index is 11.7. The number of aromatic nitrogens is 1. The third kappa shape index (κ3) is 2.40. The number of methoxy groups -OCH3 is 1. The minimum Gasteiger partial charge on any atom is -0.465 e. The molecule has 1 saturated heterocycles. The van der Waals surface area contributed by atoms with E-state index in [1.807, 2.05) is 0 Å². The van der Waals surface area contributed by atoms with Crippen LogP contribution in [0, 0.1) is 5.92 Å². The lowest BCUT2D eigenvalue weighted by molar-refractivity contribution is 0.0603. The van der Waals surface area contributed by atoms with Gasteiger partial charge in [-0.1, -0.05) is 0 Å². The molecule has 0 amide bonds. The second kappa shape index (κ2) is 4.97. The highest BCUT2D eigenvalue weighted by atomic mass is 32.1. The Kier molecular flexibility index (Phi) is 3.32. The number of rotatable bonds is 4. The number of hydrogen-bond acceptors (Lipinski definition) is 7. The van der Waals surface area contributed by atoms with Crippen molar-refractivity contribution in [2.24, 2.45) is 5.92 Å².